The molecule has 1 N–H and O–H groups in total. The summed E-state index contributed by atoms with van der Waals surface area (Å²) in [6, 6.07) is 2.22. The highest BCUT2D eigenvalue weighted by Gasteiger charge is 2.18. The van der Waals surface area contributed by atoms with Gasteiger partial charge in [-0.25, -0.2) is 9.97 Å². The van der Waals surface area contributed by atoms with E-state index in [-0.39, 0.29) is 5.92 Å². The minimum absolute atomic E-state index is 0.0670. The van der Waals surface area contributed by atoms with Crippen LogP contribution in [0.4, 0.5) is 11.6 Å². The molecule has 1 rings (SSSR count). The van der Waals surface area contributed by atoms with E-state index in [2.05, 4.69) is 21.4 Å². The average Bonchev–Trinajstić information content (AvgIpc) is 2.43. The number of anilines is 2. The molecule has 0 aliphatic rings. The van der Waals surface area contributed by atoms with Crippen LogP contribution >= 0.6 is 0 Å². The molecule has 0 amide bonds. The summed E-state index contributed by atoms with van der Waals surface area (Å²) < 4.78 is 5.35. The Balaban J connectivity index is 3.09. The van der Waals surface area contributed by atoms with Crippen molar-refractivity contribution in [2.45, 2.75) is 13.8 Å². The molecule has 1 atom stereocenters. The van der Waals surface area contributed by atoms with E-state index < -0.39 is 0 Å². The zero-order chi connectivity index (χ0) is 13.5. The summed E-state index contributed by atoms with van der Waals surface area (Å²) in [7, 11) is 3.37. The number of nitriles is 1. The Labute approximate surface area is 108 Å². The number of nitrogens with zero attached hydrogens (tertiary/aromatic N) is 4. The largest absolute Gasteiger partial charge is 0.490 e. The van der Waals surface area contributed by atoms with Crippen LogP contribution in [-0.2, 0) is 0 Å². The highest BCUT2D eigenvalue weighted by Crippen LogP contribution is 2.31. The summed E-state index contributed by atoms with van der Waals surface area (Å²) in [5, 5.41) is 11.9. The minimum atomic E-state index is -0.0670. The first-order valence-corrected chi connectivity index (χ1v) is 5.89. The van der Waals surface area contributed by atoms with Crippen molar-refractivity contribution in [3.63, 3.8) is 0 Å². The molecule has 0 saturated heterocycles. The van der Waals surface area contributed by atoms with Gasteiger partial charge in [-0.2, -0.15) is 5.26 Å². The lowest BCUT2D eigenvalue weighted by Crippen LogP contribution is -2.29. The van der Waals surface area contributed by atoms with Crippen LogP contribution in [0.3, 0.4) is 0 Å². The van der Waals surface area contributed by atoms with Crippen LogP contribution in [0.1, 0.15) is 13.8 Å². The van der Waals surface area contributed by atoms with Crippen molar-refractivity contribution in [2.75, 3.05) is 37.5 Å². The zero-order valence-corrected chi connectivity index (χ0v) is 11.3. The SMILES string of the molecule is CCN(CC(C)C#N)c1ncnc(NC)c1OC. The van der Waals surface area contributed by atoms with Gasteiger partial charge in [-0.3, -0.25) is 0 Å². The van der Waals surface area contributed by atoms with E-state index in [4.69, 9.17) is 10.00 Å². The maximum absolute atomic E-state index is 8.90. The predicted octanol–water partition coefficient (Wildman–Crippen LogP) is 1.51. The van der Waals surface area contributed by atoms with Crippen LogP contribution < -0.4 is 15.0 Å². The van der Waals surface area contributed by atoms with Crippen molar-refractivity contribution in [1.29, 1.82) is 5.26 Å². The van der Waals surface area contributed by atoms with Crippen LogP contribution in [0, 0.1) is 17.2 Å². The molecule has 0 radical (unpaired) electrons. The summed E-state index contributed by atoms with van der Waals surface area (Å²) in [5.41, 5.74) is 0. The van der Waals surface area contributed by atoms with Crippen LogP contribution in [0.25, 0.3) is 0 Å². The molecule has 6 nitrogen and oxygen atoms in total. The highest BCUT2D eigenvalue weighted by atomic mass is 16.5. The Hall–Kier alpha value is -2.03. The molecule has 0 aliphatic carbocycles. The minimum Gasteiger partial charge on any atom is -0.490 e. The maximum Gasteiger partial charge on any atom is 0.204 e. The van der Waals surface area contributed by atoms with Crippen molar-refractivity contribution in [1.82, 2.24) is 9.97 Å². The Morgan fingerprint density at radius 2 is 2.28 bits per heavy atom. The van der Waals surface area contributed by atoms with Gasteiger partial charge in [-0.05, 0) is 13.8 Å². The predicted molar refractivity (Wildman–Crippen MR) is 70.8 cm³/mol. The van der Waals surface area contributed by atoms with Gasteiger partial charge in [-0.1, -0.05) is 0 Å². The third-order valence-corrected chi connectivity index (χ3v) is 2.62. The average molecular weight is 249 g/mol. The molecule has 1 aromatic rings. The zero-order valence-electron chi connectivity index (χ0n) is 11.3. The quantitative estimate of drug-likeness (QED) is 0.823. The standard InChI is InChI=1S/C12H19N5O/c1-5-17(7-9(2)6-13)12-10(18-4)11(14-3)15-8-16-12/h8-9H,5,7H2,1-4H3,(H,14,15,16). The Morgan fingerprint density at radius 3 is 2.78 bits per heavy atom. The summed E-state index contributed by atoms with van der Waals surface area (Å²) >= 11 is 0. The fourth-order valence-corrected chi connectivity index (χ4v) is 1.69. The van der Waals surface area contributed by atoms with E-state index in [1.165, 1.54) is 6.33 Å². The molecule has 1 unspecified atom stereocenters. The van der Waals surface area contributed by atoms with Gasteiger partial charge in [0.25, 0.3) is 0 Å². The van der Waals surface area contributed by atoms with E-state index in [9.17, 15) is 0 Å². The summed E-state index contributed by atoms with van der Waals surface area (Å²) in [4.78, 5) is 10.4. The lowest BCUT2D eigenvalue weighted by Gasteiger charge is -2.25. The first-order valence-electron chi connectivity index (χ1n) is 5.89. The molecule has 0 aromatic carbocycles. The Bertz CT molecular complexity index is 429. The number of hydrogen-bond donors (Lipinski definition) is 1. The molecule has 1 aromatic heterocycles. The number of rotatable bonds is 6. The number of methoxy groups -OCH3 is 1. The van der Waals surface area contributed by atoms with Crippen LogP contribution in [-0.4, -0.2) is 37.2 Å². The smallest absolute Gasteiger partial charge is 0.204 e. The second-order valence-corrected chi connectivity index (χ2v) is 3.90. The van der Waals surface area contributed by atoms with Crippen molar-refractivity contribution in [2.24, 2.45) is 5.92 Å². The molecule has 18 heavy (non-hydrogen) atoms. The number of nitrogens with one attached hydrogen (secondary N) is 1. The molecular weight excluding hydrogens is 230 g/mol. The van der Waals surface area contributed by atoms with Gasteiger partial charge in [0.2, 0.25) is 5.75 Å². The van der Waals surface area contributed by atoms with Crippen LogP contribution in [0.2, 0.25) is 0 Å². The molecule has 0 fully saturated rings. The van der Waals surface area contributed by atoms with Gasteiger partial charge in [0.1, 0.15) is 6.33 Å². The Morgan fingerprint density at radius 1 is 1.56 bits per heavy atom. The fourth-order valence-electron chi connectivity index (χ4n) is 1.69. The van der Waals surface area contributed by atoms with Gasteiger partial charge in [0.05, 0.1) is 19.1 Å². The van der Waals surface area contributed by atoms with Crippen LogP contribution in [0.15, 0.2) is 6.33 Å². The molecule has 0 saturated carbocycles. The van der Waals surface area contributed by atoms with Gasteiger partial charge in [0.15, 0.2) is 11.6 Å². The van der Waals surface area contributed by atoms with E-state index >= 15 is 0 Å². The molecule has 0 bridgehead atoms. The number of ether oxygens (including phenoxy) is 1. The van der Waals surface area contributed by atoms with Gasteiger partial charge in [0, 0.05) is 20.1 Å². The summed E-state index contributed by atoms with van der Waals surface area (Å²) in [5.74, 6) is 1.89. The van der Waals surface area contributed by atoms with E-state index in [0.29, 0.717) is 23.9 Å². The first kappa shape index (κ1) is 14.0. The first-order chi connectivity index (χ1) is 8.67. The third-order valence-electron chi connectivity index (χ3n) is 2.62. The fraction of sp³-hybridized carbons (Fsp3) is 0.583. The van der Waals surface area contributed by atoms with Crippen molar-refractivity contribution in [3.8, 4) is 11.8 Å². The van der Waals surface area contributed by atoms with E-state index in [1.54, 1.807) is 14.2 Å². The lowest BCUT2D eigenvalue weighted by molar-refractivity contribution is 0.412. The normalized spacial score (nSPS) is 11.5. The summed E-state index contributed by atoms with van der Waals surface area (Å²) in [6.45, 7) is 5.27. The molecular formula is C12H19N5O. The topological polar surface area (TPSA) is 74.1 Å². The van der Waals surface area contributed by atoms with E-state index in [0.717, 1.165) is 6.54 Å². The van der Waals surface area contributed by atoms with Gasteiger partial charge < -0.3 is 15.0 Å². The Kier molecular flexibility index (Phi) is 5.18. The van der Waals surface area contributed by atoms with Crippen molar-refractivity contribution in [3.05, 3.63) is 6.33 Å². The monoisotopic (exact) mass is 249 g/mol. The number of aromatic nitrogens is 2. The maximum atomic E-state index is 8.90. The highest BCUT2D eigenvalue weighted by molar-refractivity contribution is 5.64. The van der Waals surface area contributed by atoms with Crippen molar-refractivity contribution < 1.29 is 4.74 Å². The van der Waals surface area contributed by atoms with Gasteiger partial charge in [-0.15, -0.1) is 0 Å². The van der Waals surface area contributed by atoms with Crippen molar-refractivity contribution >= 4 is 11.6 Å². The van der Waals surface area contributed by atoms with E-state index in [1.807, 2.05) is 18.7 Å². The summed E-state index contributed by atoms with van der Waals surface area (Å²) in [6.07, 6.45) is 1.49. The lowest BCUT2D eigenvalue weighted by atomic mass is 10.2. The van der Waals surface area contributed by atoms with Crippen LogP contribution in [0.5, 0.6) is 5.75 Å². The second kappa shape index (κ2) is 6.64. The third kappa shape index (κ3) is 3.00. The van der Waals surface area contributed by atoms with Gasteiger partial charge >= 0.3 is 0 Å². The second-order valence-electron chi connectivity index (χ2n) is 3.90. The molecule has 1 heterocycles. The molecule has 6 heteroatoms. The molecule has 0 aliphatic heterocycles. The molecule has 0 spiro atoms. The molecule has 98 valence electrons. The number of hydrogen-bond acceptors (Lipinski definition) is 6.